The fourth-order valence-electron chi connectivity index (χ4n) is 3.10. The second-order valence-electron chi connectivity index (χ2n) is 5.45. The molecule has 2 aromatic rings. The smallest absolute Gasteiger partial charge is 0.170 e. The van der Waals surface area contributed by atoms with Crippen molar-refractivity contribution in [2.45, 2.75) is 33.6 Å². The van der Waals surface area contributed by atoms with Gasteiger partial charge in [-0.2, -0.15) is 0 Å². The molecule has 1 aliphatic rings. The van der Waals surface area contributed by atoms with Gasteiger partial charge in [-0.05, 0) is 44.7 Å². The Morgan fingerprint density at radius 1 is 1.05 bits per heavy atom. The predicted molar refractivity (Wildman–Crippen MR) is 74.6 cm³/mol. The number of rotatable bonds is 2. The minimum absolute atomic E-state index is 0.0757. The maximum absolute atomic E-state index is 12.7. The monoisotopic (exact) mass is 254 g/mol. The normalized spacial score (nSPS) is 14.7. The third kappa shape index (κ3) is 1.92. The zero-order valence-electron chi connectivity index (χ0n) is 11.6. The van der Waals surface area contributed by atoms with Crippen molar-refractivity contribution in [3.05, 3.63) is 58.0 Å². The molecule has 98 valence electrons. The third-order valence-corrected chi connectivity index (χ3v) is 4.23. The number of benzene rings is 1. The van der Waals surface area contributed by atoms with Crippen LogP contribution < -0.4 is 0 Å². The summed E-state index contributed by atoms with van der Waals surface area (Å²) in [5.41, 5.74) is 4.43. The first-order chi connectivity index (χ1) is 9.08. The Bertz CT molecular complexity index is 624. The summed E-state index contributed by atoms with van der Waals surface area (Å²) in [5, 5.41) is 0. The maximum Gasteiger partial charge on any atom is 0.170 e. The van der Waals surface area contributed by atoms with Crippen LogP contribution in [0.5, 0.6) is 0 Å². The molecule has 0 unspecified atom stereocenters. The lowest BCUT2D eigenvalue weighted by Crippen LogP contribution is -2.16. The van der Waals surface area contributed by atoms with Gasteiger partial charge >= 0.3 is 0 Å². The van der Waals surface area contributed by atoms with Gasteiger partial charge in [-0.25, -0.2) is 0 Å². The van der Waals surface area contributed by atoms with Crippen molar-refractivity contribution in [1.29, 1.82) is 0 Å². The summed E-state index contributed by atoms with van der Waals surface area (Å²) >= 11 is 0. The number of fused-ring (bicyclic) bond motifs is 1. The van der Waals surface area contributed by atoms with Gasteiger partial charge in [0.15, 0.2) is 5.78 Å². The summed E-state index contributed by atoms with van der Waals surface area (Å²) in [5.74, 6) is 1.93. The number of carbonyl (C=O) groups excluding carboxylic acids is 1. The lowest BCUT2D eigenvalue weighted by atomic mass is 9.93. The maximum atomic E-state index is 12.7. The first-order valence-corrected chi connectivity index (χ1v) is 6.75. The van der Waals surface area contributed by atoms with Gasteiger partial charge in [-0.3, -0.25) is 4.79 Å². The SMILES string of the molecule is Cc1oc(C)c(C(=O)C2Cc3ccccc3C2)c1C. The quantitative estimate of drug-likeness (QED) is 0.763. The molecule has 3 rings (SSSR count). The van der Waals surface area contributed by atoms with E-state index >= 15 is 0 Å². The molecular formula is C17H18O2. The number of hydrogen-bond donors (Lipinski definition) is 0. The zero-order chi connectivity index (χ0) is 13.6. The van der Waals surface area contributed by atoms with Crippen LogP contribution in [0.15, 0.2) is 28.7 Å². The van der Waals surface area contributed by atoms with E-state index in [0.29, 0.717) is 0 Å². The number of furan rings is 1. The van der Waals surface area contributed by atoms with Crippen molar-refractivity contribution < 1.29 is 9.21 Å². The molecule has 0 spiro atoms. The van der Waals surface area contributed by atoms with E-state index in [1.807, 2.05) is 32.9 Å². The molecule has 1 aromatic carbocycles. The molecule has 1 heterocycles. The van der Waals surface area contributed by atoms with E-state index < -0.39 is 0 Å². The summed E-state index contributed by atoms with van der Waals surface area (Å²) in [6, 6.07) is 8.35. The van der Waals surface area contributed by atoms with E-state index in [1.54, 1.807) is 0 Å². The molecule has 0 radical (unpaired) electrons. The molecule has 0 N–H and O–H groups in total. The van der Waals surface area contributed by atoms with E-state index in [0.717, 1.165) is 35.5 Å². The lowest BCUT2D eigenvalue weighted by molar-refractivity contribution is 0.0922. The van der Waals surface area contributed by atoms with Crippen LogP contribution in [0.2, 0.25) is 0 Å². The van der Waals surface area contributed by atoms with Crippen LogP contribution in [-0.2, 0) is 12.8 Å². The van der Waals surface area contributed by atoms with Gasteiger partial charge in [-0.15, -0.1) is 0 Å². The van der Waals surface area contributed by atoms with Crippen LogP contribution in [0.25, 0.3) is 0 Å². The van der Waals surface area contributed by atoms with Gasteiger partial charge < -0.3 is 4.42 Å². The van der Waals surface area contributed by atoms with Crippen LogP contribution in [0.3, 0.4) is 0 Å². The minimum Gasteiger partial charge on any atom is -0.466 e. The van der Waals surface area contributed by atoms with Gasteiger partial charge in [0, 0.05) is 11.5 Å². The highest BCUT2D eigenvalue weighted by molar-refractivity contribution is 6.00. The number of hydrogen-bond acceptors (Lipinski definition) is 2. The van der Waals surface area contributed by atoms with Crippen molar-refractivity contribution in [2.24, 2.45) is 5.92 Å². The Morgan fingerprint density at radius 3 is 2.11 bits per heavy atom. The van der Waals surface area contributed by atoms with Crippen molar-refractivity contribution in [1.82, 2.24) is 0 Å². The van der Waals surface area contributed by atoms with Crippen molar-refractivity contribution >= 4 is 5.78 Å². The highest BCUT2D eigenvalue weighted by Gasteiger charge is 2.31. The number of ketones is 1. The number of carbonyl (C=O) groups is 1. The van der Waals surface area contributed by atoms with Gasteiger partial charge in [0.1, 0.15) is 11.5 Å². The van der Waals surface area contributed by atoms with Gasteiger partial charge in [0.2, 0.25) is 0 Å². The Kier molecular flexibility index (Phi) is 2.81. The fraction of sp³-hybridized carbons (Fsp3) is 0.353. The van der Waals surface area contributed by atoms with Gasteiger partial charge in [0.05, 0.1) is 5.56 Å². The van der Waals surface area contributed by atoms with Crippen LogP contribution in [0.1, 0.15) is 38.6 Å². The first-order valence-electron chi connectivity index (χ1n) is 6.75. The van der Waals surface area contributed by atoms with Crippen molar-refractivity contribution in [3.63, 3.8) is 0 Å². The highest BCUT2D eigenvalue weighted by Crippen LogP contribution is 2.32. The Morgan fingerprint density at radius 2 is 1.63 bits per heavy atom. The molecule has 0 atom stereocenters. The third-order valence-electron chi connectivity index (χ3n) is 4.23. The molecule has 2 heteroatoms. The molecule has 0 amide bonds. The average molecular weight is 254 g/mol. The molecule has 2 nitrogen and oxygen atoms in total. The Hall–Kier alpha value is -1.83. The Labute approximate surface area is 113 Å². The lowest BCUT2D eigenvalue weighted by Gasteiger charge is -2.08. The van der Waals surface area contributed by atoms with Crippen molar-refractivity contribution in [2.75, 3.05) is 0 Å². The Balaban J connectivity index is 1.91. The largest absolute Gasteiger partial charge is 0.466 e. The summed E-state index contributed by atoms with van der Waals surface area (Å²) in [6.07, 6.45) is 1.72. The topological polar surface area (TPSA) is 30.2 Å². The van der Waals surface area contributed by atoms with Crippen LogP contribution >= 0.6 is 0 Å². The van der Waals surface area contributed by atoms with Crippen LogP contribution in [-0.4, -0.2) is 5.78 Å². The molecule has 0 fully saturated rings. The predicted octanol–water partition coefficient (Wildman–Crippen LogP) is 3.80. The van der Waals surface area contributed by atoms with E-state index in [1.165, 1.54) is 11.1 Å². The summed E-state index contributed by atoms with van der Waals surface area (Å²) in [6.45, 7) is 5.78. The standard InChI is InChI=1S/C17H18O2/c1-10-11(2)19-12(3)16(10)17(18)15-8-13-6-4-5-7-14(13)9-15/h4-7,15H,8-9H2,1-3H3. The second kappa shape index (κ2) is 4.37. The number of Topliss-reactive ketones (excluding diaryl/α,β-unsaturated/α-hetero) is 1. The molecule has 1 aromatic heterocycles. The summed E-state index contributed by atoms with van der Waals surface area (Å²) < 4.78 is 5.58. The van der Waals surface area contributed by atoms with E-state index in [4.69, 9.17) is 4.42 Å². The summed E-state index contributed by atoms with van der Waals surface area (Å²) in [7, 11) is 0. The minimum atomic E-state index is 0.0757. The molecule has 0 saturated heterocycles. The number of aryl methyl sites for hydroxylation is 2. The molecule has 19 heavy (non-hydrogen) atoms. The van der Waals surface area contributed by atoms with E-state index in [2.05, 4.69) is 12.1 Å². The van der Waals surface area contributed by atoms with Crippen LogP contribution in [0, 0.1) is 26.7 Å². The van der Waals surface area contributed by atoms with E-state index in [-0.39, 0.29) is 11.7 Å². The zero-order valence-corrected chi connectivity index (χ0v) is 11.6. The molecular weight excluding hydrogens is 236 g/mol. The average Bonchev–Trinajstić information content (AvgIpc) is 2.91. The summed E-state index contributed by atoms with van der Waals surface area (Å²) in [4.78, 5) is 12.7. The highest BCUT2D eigenvalue weighted by atomic mass is 16.3. The molecule has 0 bridgehead atoms. The van der Waals surface area contributed by atoms with Crippen molar-refractivity contribution in [3.8, 4) is 0 Å². The molecule has 1 aliphatic carbocycles. The first kappa shape index (κ1) is 12.2. The fourth-order valence-corrected chi connectivity index (χ4v) is 3.10. The molecule has 0 saturated carbocycles. The van der Waals surface area contributed by atoms with Gasteiger partial charge in [-0.1, -0.05) is 24.3 Å². The molecule has 0 aliphatic heterocycles. The van der Waals surface area contributed by atoms with E-state index in [9.17, 15) is 4.79 Å². The van der Waals surface area contributed by atoms with Gasteiger partial charge in [0.25, 0.3) is 0 Å². The second-order valence-corrected chi connectivity index (χ2v) is 5.45. The van der Waals surface area contributed by atoms with Crippen LogP contribution in [0.4, 0.5) is 0 Å².